The predicted octanol–water partition coefficient (Wildman–Crippen LogP) is 1.77. The summed E-state index contributed by atoms with van der Waals surface area (Å²) >= 11 is 0. The van der Waals surface area contributed by atoms with Crippen LogP contribution in [0.4, 0.5) is 0 Å². The number of Topliss-reactive ketones (excluding diaryl/α,β-unsaturated/α-hetero) is 1. The number of ketones is 1. The van der Waals surface area contributed by atoms with Gasteiger partial charge in [0, 0.05) is 19.2 Å². The average Bonchev–Trinajstić information content (AvgIpc) is 2.08. The largest absolute Gasteiger partial charge is 0.325 e. The zero-order valence-corrected chi connectivity index (χ0v) is 13.6. The van der Waals surface area contributed by atoms with Crippen LogP contribution in [-0.2, 0) is 13.9 Å². The third-order valence-corrected chi connectivity index (χ3v) is 1.42. The molecule has 0 saturated heterocycles. The lowest BCUT2D eigenvalue weighted by molar-refractivity contribution is -0.120. The Kier molecular flexibility index (Phi) is 14.4. The molecule has 1 atom stereocenters. The molecule has 0 spiro atoms. The lowest BCUT2D eigenvalue weighted by Crippen LogP contribution is -2.03. The molecule has 0 aromatic rings. The Labute approximate surface area is 114 Å². The fraction of sp³-hybridized carbons (Fsp3) is 0.700. The molecule has 0 fully saturated rings. The molecule has 116 valence electrons. The van der Waals surface area contributed by atoms with Crippen LogP contribution in [0.5, 0.6) is 0 Å². The highest BCUT2D eigenvalue weighted by Crippen LogP contribution is 2.27. The molecule has 0 aromatic carbocycles. The number of hydrogen-bond donors (Lipinski definition) is 4. The quantitative estimate of drug-likeness (QED) is 0.460. The van der Waals surface area contributed by atoms with Gasteiger partial charge in [-0.25, -0.2) is 0 Å². The van der Waals surface area contributed by atoms with Crippen LogP contribution >= 0.6 is 15.2 Å². The molecule has 19 heavy (non-hydrogen) atoms. The van der Waals surface area contributed by atoms with Crippen LogP contribution in [-0.4, -0.2) is 38.7 Å². The van der Waals surface area contributed by atoms with E-state index in [-0.39, 0.29) is 11.7 Å². The zero-order valence-electron chi connectivity index (χ0n) is 11.8. The molecule has 0 saturated carbocycles. The predicted molar refractivity (Wildman–Crippen MR) is 75.2 cm³/mol. The van der Waals surface area contributed by atoms with Crippen LogP contribution in [0.25, 0.3) is 0 Å². The van der Waals surface area contributed by atoms with E-state index >= 15 is 0 Å². The van der Waals surface area contributed by atoms with Crippen LogP contribution in [0.1, 0.15) is 27.2 Å². The number of allylic oxidation sites excluding steroid dienone is 2. The molecule has 0 rings (SSSR count). The van der Waals surface area contributed by atoms with Gasteiger partial charge in [-0.15, -0.1) is 0 Å². The number of carbonyl (C=O) groups is 1. The van der Waals surface area contributed by atoms with Crippen molar-refractivity contribution < 1.29 is 33.5 Å². The van der Waals surface area contributed by atoms with Gasteiger partial charge >= 0.3 is 15.2 Å². The van der Waals surface area contributed by atoms with E-state index < -0.39 is 15.2 Å². The van der Waals surface area contributed by atoms with E-state index in [9.17, 15) is 13.9 Å². The lowest BCUT2D eigenvalue weighted by Gasteiger charge is -2.00. The molecule has 0 amide bonds. The van der Waals surface area contributed by atoms with Crippen molar-refractivity contribution in [3.8, 4) is 0 Å². The third kappa shape index (κ3) is 73.5. The van der Waals surface area contributed by atoms with E-state index in [4.69, 9.17) is 19.6 Å². The minimum absolute atomic E-state index is 0.196. The molecule has 0 heterocycles. The minimum Gasteiger partial charge on any atom is -0.325 e. The van der Waals surface area contributed by atoms with Gasteiger partial charge < -0.3 is 19.6 Å². The van der Waals surface area contributed by atoms with E-state index in [1.165, 1.54) is 0 Å². The van der Waals surface area contributed by atoms with E-state index in [1.54, 1.807) is 6.92 Å². The van der Waals surface area contributed by atoms with Gasteiger partial charge in [-0.2, -0.15) is 0 Å². The van der Waals surface area contributed by atoms with Crippen molar-refractivity contribution in [1.82, 2.24) is 0 Å². The Bertz CT molecular complexity index is 316. The average molecular weight is 318 g/mol. The molecule has 0 bridgehead atoms. The molecular weight excluding hydrogens is 294 g/mol. The fourth-order valence-corrected chi connectivity index (χ4v) is 0.506. The summed E-state index contributed by atoms with van der Waals surface area (Å²) in [6.45, 7) is 7.25. The molecule has 0 aliphatic carbocycles. The fourth-order valence-electron chi connectivity index (χ4n) is 0.506. The second kappa shape index (κ2) is 11.5. The van der Waals surface area contributed by atoms with Gasteiger partial charge in [-0.3, -0.25) is 13.9 Å². The normalized spacial score (nSPS) is 12.9. The Balaban J connectivity index is -0.000000219. The molecule has 1 unspecified atom stereocenters. The minimum atomic E-state index is -3.64. The van der Waals surface area contributed by atoms with Gasteiger partial charge in [-0.1, -0.05) is 19.1 Å². The molecule has 0 aliphatic heterocycles. The van der Waals surface area contributed by atoms with Gasteiger partial charge in [0.1, 0.15) is 5.78 Å². The third-order valence-electron chi connectivity index (χ3n) is 1.42. The van der Waals surface area contributed by atoms with Gasteiger partial charge in [0.05, 0.1) is 0 Å². The molecule has 7 nitrogen and oxygen atoms in total. The molecule has 4 N–H and O–H groups in total. The Morgan fingerprint density at radius 1 is 1.11 bits per heavy atom. The SMILES string of the molecule is C/C=C\CC(C)C(C)=O.CP(=O)(O)O.CP(=O)(O)O. The van der Waals surface area contributed by atoms with Crippen molar-refractivity contribution in [2.75, 3.05) is 13.3 Å². The maximum atomic E-state index is 10.6. The number of rotatable bonds is 3. The van der Waals surface area contributed by atoms with Crippen molar-refractivity contribution in [2.45, 2.75) is 27.2 Å². The summed E-state index contributed by atoms with van der Waals surface area (Å²) in [6.07, 6.45) is 4.87. The van der Waals surface area contributed by atoms with Crippen LogP contribution in [0, 0.1) is 5.92 Å². The molecule has 0 radical (unpaired) electrons. The zero-order chi connectivity index (χ0) is 16.3. The number of carbonyl (C=O) groups excluding carboxylic acids is 1. The van der Waals surface area contributed by atoms with E-state index in [2.05, 4.69) is 0 Å². The molecule has 0 aromatic heterocycles. The smallest absolute Gasteiger partial charge is 0.322 e. The first-order valence-electron chi connectivity index (χ1n) is 5.36. The highest BCUT2D eigenvalue weighted by Gasteiger charge is 2.02. The van der Waals surface area contributed by atoms with Crippen molar-refractivity contribution in [2.24, 2.45) is 5.92 Å². The van der Waals surface area contributed by atoms with Gasteiger partial charge in [0.15, 0.2) is 0 Å². The second-order valence-electron chi connectivity index (χ2n) is 3.99. The first-order valence-corrected chi connectivity index (χ1v) is 9.48. The lowest BCUT2D eigenvalue weighted by atomic mass is 10.0. The van der Waals surface area contributed by atoms with Crippen LogP contribution in [0.2, 0.25) is 0 Å². The summed E-state index contributed by atoms with van der Waals surface area (Å²) in [5.41, 5.74) is 0. The summed E-state index contributed by atoms with van der Waals surface area (Å²) in [6, 6.07) is 0. The topological polar surface area (TPSA) is 132 Å². The first-order chi connectivity index (χ1) is 8.18. The highest BCUT2D eigenvalue weighted by atomic mass is 31.2. The second-order valence-corrected chi connectivity index (χ2v) is 7.33. The van der Waals surface area contributed by atoms with Gasteiger partial charge in [-0.05, 0) is 20.3 Å². The van der Waals surface area contributed by atoms with E-state index in [0.29, 0.717) is 0 Å². The first kappa shape index (κ1) is 23.8. The Hall–Kier alpha value is -0.290. The summed E-state index contributed by atoms with van der Waals surface area (Å²) in [4.78, 5) is 41.1. The molecule has 9 heteroatoms. The maximum Gasteiger partial charge on any atom is 0.322 e. The van der Waals surface area contributed by atoms with E-state index in [1.807, 2.05) is 26.0 Å². The van der Waals surface area contributed by atoms with Crippen LogP contribution < -0.4 is 0 Å². The number of hydrogen-bond acceptors (Lipinski definition) is 3. The highest BCUT2D eigenvalue weighted by molar-refractivity contribution is 7.51. The van der Waals surface area contributed by atoms with Crippen molar-refractivity contribution in [3.63, 3.8) is 0 Å². The Morgan fingerprint density at radius 3 is 1.53 bits per heavy atom. The van der Waals surface area contributed by atoms with E-state index in [0.717, 1.165) is 19.8 Å². The summed E-state index contributed by atoms with van der Waals surface area (Å²) in [7, 11) is -7.28. The summed E-state index contributed by atoms with van der Waals surface area (Å²) < 4.78 is 18.7. The van der Waals surface area contributed by atoms with Crippen LogP contribution in [0.3, 0.4) is 0 Å². The van der Waals surface area contributed by atoms with Crippen molar-refractivity contribution in [3.05, 3.63) is 12.2 Å². The monoisotopic (exact) mass is 318 g/mol. The van der Waals surface area contributed by atoms with Crippen molar-refractivity contribution >= 4 is 21.0 Å². The summed E-state index contributed by atoms with van der Waals surface area (Å²) in [5.74, 6) is 0.467. The maximum absolute atomic E-state index is 10.6. The van der Waals surface area contributed by atoms with Crippen molar-refractivity contribution in [1.29, 1.82) is 0 Å². The molecular formula is C10H24O7P2. The molecule has 0 aliphatic rings. The Morgan fingerprint density at radius 2 is 1.37 bits per heavy atom. The summed E-state index contributed by atoms with van der Waals surface area (Å²) in [5, 5.41) is 0. The van der Waals surface area contributed by atoms with Crippen LogP contribution in [0.15, 0.2) is 12.2 Å². The van der Waals surface area contributed by atoms with Gasteiger partial charge in [0.2, 0.25) is 0 Å². The standard InChI is InChI=1S/C8H14O.2CH5O3P/c1-4-5-6-7(2)8(3)9;2*1-5(2,3)4/h4-5,7H,6H2,1-3H3;2*1H3,(H2,2,3,4)/b5-4-;;. The van der Waals surface area contributed by atoms with Gasteiger partial charge in [0.25, 0.3) is 0 Å².